The van der Waals surface area contributed by atoms with Crippen LogP contribution in [0.15, 0.2) is 42.6 Å². The number of aromatic amines is 1. The predicted molar refractivity (Wildman–Crippen MR) is 108 cm³/mol. The largest absolute Gasteiger partial charge is 0.481 e. The van der Waals surface area contributed by atoms with Crippen LogP contribution < -0.4 is 4.74 Å². The van der Waals surface area contributed by atoms with Gasteiger partial charge in [-0.15, -0.1) is 10.2 Å². The van der Waals surface area contributed by atoms with Crippen LogP contribution in [-0.2, 0) is 17.8 Å². The van der Waals surface area contributed by atoms with E-state index in [1.807, 2.05) is 19.9 Å². The number of nitrogens with zero attached hydrogens (tertiary/aromatic N) is 4. The van der Waals surface area contributed by atoms with Gasteiger partial charge in [0, 0.05) is 18.2 Å². The fraction of sp³-hybridized carbons (Fsp3) is 0.381. The van der Waals surface area contributed by atoms with Crippen molar-refractivity contribution in [2.24, 2.45) is 11.8 Å². The summed E-state index contributed by atoms with van der Waals surface area (Å²) in [5, 5.41) is 33.0. The summed E-state index contributed by atoms with van der Waals surface area (Å²) in [5.74, 6) is -0.313. The molecule has 2 heterocycles. The van der Waals surface area contributed by atoms with E-state index >= 15 is 0 Å². The lowest BCUT2D eigenvalue weighted by Gasteiger charge is -2.23. The van der Waals surface area contributed by atoms with Gasteiger partial charge >= 0.3 is 5.97 Å². The molecule has 0 saturated carbocycles. The topological polar surface area (TPSA) is 134 Å². The van der Waals surface area contributed by atoms with Crippen molar-refractivity contribution in [1.29, 1.82) is 0 Å². The Morgan fingerprint density at radius 1 is 1.13 bits per heavy atom. The number of carbonyl (C=O) groups is 1. The van der Waals surface area contributed by atoms with Crippen molar-refractivity contribution in [3.63, 3.8) is 0 Å². The summed E-state index contributed by atoms with van der Waals surface area (Å²) >= 11 is 0. The molecule has 0 aliphatic rings. The number of aliphatic carboxylic acids is 1. The normalized spacial score (nSPS) is 13.2. The van der Waals surface area contributed by atoms with E-state index in [2.05, 4.69) is 25.6 Å². The second kappa shape index (κ2) is 9.93. The standard InChI is InChI=1S/C21H25N5O4/c1-13(2)9-18(21(28)29)17(20-23-25-26-24-20)10-15-5-8-19(22-11-15)30-16-6-3-14(12-27)4-7-16/h3-8,11,13,17-18,27H,9-10,12H2,1-2H3,(H,28,29)(H,23,24,25,26)/t17-,18-/m0/s1. The Morgan fingerprint density at radius 2 is 1.87 bits per heavy atom. The van der Waals surface area contributed by atoms with Crippen molar-refractivity contribution in [1.82, 2.24) is 25.6 Å². The van der Waals surface area contributed by atoms with Gasteiger partial charge in [0.1, 0.15) is 5.75 Å². The minimum atomic E-state index is -0.877. The van der Waals surface area contributed by atoms with Crippen LogP contribution in [0.2, 0.25) is 0 Å². The van der Waals surface area contributed by atoms with Crippen LogP contribution in [0.25, 0.3) is 0 Å². The first-order valence-electron chi connectivity index (χ1n) is 9.75. The lowest BCUT2D eigenvalue weighted by atomic mass is 9.81. The molecule has 0 spiro atoms. The first-order chi connectivity index (χ1) is 14.5. The molecule has 158 valence electrons. The number of nitrogens with one attached hydrogen (secondary N) is 1. The molecule has 2 aromatic heterocycles. The Morgan fingerprint density at radius 3 is 2.40 bits per heavy atom. The second-order valence-corrected chi connectivity index (χ2v) is 7.56. The number of benzene rings is 1. The number of aromatic nitrogens is 5. The fourth-order valence-electron chi connectivity index (χ4n) is 3.31. The summed E-state index contributed by atoms with van der Waals surface area (Å²) in [4.78, 5) is 16.3. The molecule has 3 N–H and O–H groups in total. The number of carboxylic acid groups (broad SMARTS) is 1. The first kappa shape index (κ1) is 21.4. The number of hydrogen-bond acceptors (Lipinski definition) is 7. The van der Waals surface area contributed by atoms with Crippen LogP contribution in [0.3, 0.4) is 0 Å². The average molecular weight is 411 g/mol. The number of aliphatic hydroxyl groups is 1. The molecule has 3 rings (SSSR count). The highest BCUT2D eigenvalue weighted by atomic mass is 16.5. The maximum Gasteiger partial charge on any atom is 0.307 e. The zero-order valence-corrected chi connectivity index (χ0v) is 16.9. The number of carboxylic acids is 1. The molecule has 0 saturated heterocycles. The highest BCUT2D eigenvalue weighted by Crippen LogP contribution is 2.31. The second-order valence-electron chi connectivity index (χ2n) is 7.56. The highest BCUT2D eigenvalue weighted by molar-refractivity contribution is 5.71. The Bertz CT molecular complexity index is 927. The summed E-state index contributed by atoms with van der Waals surface area (Å²) in [6.07, 6.45) is 2.59. The molecule has 30 heavy (non-hydrogen) atoms. The molecule has 0 unspecified atom stereocenters. The Hall–Kier alpha value is -3.33. The third kappa shape index (κ3) is 5.60. The predicted octanol–water partition coefficient (Wildman–Crippen LogP) is 2.95. The van der Waals surface area contributed by atoms with Crippen LogP contribution >= 0.6 is 0 Å². The molecule has 0 fully saturated rings. The number of H-pyrrole nitrogens is 1. The zero-order chi connectivity index (χ0) is 21.5. The Labute approximate surface area is 174 Å². The summed E-state index contributed by atoms with van der Waals surface area (Å²) < 4.78 is 5.72. The SMILES string of the molecule is CC(C)C[C@H](C(=O)O)[C@H](Cc1ccc(Oc2ccc(CO)cc2)nc1)c1nn[nH]n1. The molecule has 3 aromatic rings. The van der Waals surface area contributed by atoms with E-state index in [1.54, 1.807) is 36.5 Å². The van der Waals surface area contributed by atoms with Gasteiger partial charge in [0.25, 0.3) is 0 Å². The van der Waals surface area contributed by atoms with Crippen molar-refractivity contribution >= 4 is 5.97 Å². The van der Waals surface area contributed by atoms with Crippen LogP contribution in [-0.4, -0.2) is 41.8 Å². The number of tetrazole rings is 1. The van der Waals surface area contributed by atoms with Gasteiger partial charge in [-0.3, -0.25) is 4.79 Å². The number of pyridine rings is 1. The van der Waals surface area contributed by atoms with Crippen molar-refractivity contribution in [2.45, 2.75) is 39.2 Å². The third-order valence-electron chi connectivity index (χ3n) is 4.80. The Kier molecular flexibility index (Phi) is 7.08. The van der Waals surface area contributed by atoms with E-state index in [0.29, 0.717) is 30.3 Å². The average Bonchev–Trinajstić information content (AvgIpc) is 3.26. The number of aliphatic hydroxyl groups excluding tert-OH is 1. The van der Waals surface area contributed by atoms with E-state index in [1.165, 1.54) is 0 Å². The molecule has 9 nitrogen and oxygen atoms in total. The number of rotatable bonds is 10. The maximum absolute atomic E-state index is 11.9. The van der Waals surface area contributed by atoms with E-state index in [-0.39, 0.29) is 12.5 Å². The molecule has 2 atom stereocenters. The summed E-state index contributed by atoms with van der Waals surface area (Å²) in [6.45, 7) is 3.96. The summed E-state index contributed by atoms with van der Waals surface area (Å²) in [7, 11) is 0. The molecular weight excluding hydrogens is 386 g/mol. The molecule has 9 heteroatoms. The third-order valence-corrected chi connectivity index (χ3v) is 4.80. The van der Waals surface area contributed by atoms with E-state index < -0.39 is 17.8 Å². The minimum absolute atomic E-state index is 0.0249. The van der Waals surface area contributed by atoms with Crippen LogP contribution in [0.1, 0.15) is 43.1 Å². The number of hydrogen-bond donors (Lipinski definition) is 3. The molecule has 1 aromatic carbocycles. The van der Waals surface area contributed by atoms with Gasteiger partial charge in [-0.25, -0.2) is 4.98 Å². The van der Waals surface area contributed by atoms with Crippen molar-refractivity contribution in [2.75, 3.05) is 0 Å². The van der Waals surface area contributed by atoms with Crippen LogP contribution in [0.4, 0.5) is 0 Å². The summed E-state index contributed by atoms with van der Waals surface area (Å²) in [6, 6.07) is 10.7. The Balaban J connectivity index is 1.75. The van der Waals surface area contributed by atoms with Crippen molar-refractivity contribution in [3.05, 3.63) is 59.5 Å². The van der Waals surface area contributed by atoms with Crippen LogP contribution in [0, 0.1) is 11.8 Å². The lowest BCUT2D eigenvalue weighted by Crippen LogP contribution is -2.26. The quantitative estimate of drug-likeness (QED) is 0.463. The minimum Gasteiger partial charge on any atom is -0.481 e. The van der Waals surface area contributed by atoms with Gasteiger partial charge in [-0.1, -0.05) is 37.3 Å². The van der Waals surface area contributed by atoms with Gasteiger partial charge in [-0.05, 0) is 42.0 Å². The van der Waals surface area contributed by atoms with Gasteiger partial charge < -0.3 is 14.9 Å². The molecule has 0 amide bonds. The summed E-state index contributed by atoms with van der Waals surface area (Å²) in [5.41, 5.74) is 1.65. The van der Waals surface area contributed by atoms with Gasteiger partial charge in [0.05, 0.1) is 12.5 Å². The van der Waals surface area contributed by atoms with Gasteiger partial charge in [0.15, 0.2) is 5.82 Å². The first-order valence-corrected chi connectivity index (χ1v) is 9.75. The van der Waals surface area contributed by atoms with Crippen molar-refractivity contribution in [3.8, 4) is 11.6 Å². The van der Waals surface area contributed by atoms with E-state index in [0.717, 1.165) is 11.1 Å². The lowest BCUT2D eigenvalue weighted by molar-refractivity contribution is -0.143. The fourth-order valence-corrected chi connectivity index (χ4v) is 3.31. The number of ether oxygens (including phenoxy) is 1. The highest BCUT2D eigenvalue weighted by Gasteiger charge is 2.33. The monoisotopic (exact) mass is 411 g/mol. The molecular formula is C21H25N5O4. The molecule has 0 aliphatic heterocycles. The molecule has 0 radical (unpaired) electrons. The van der Waals surface area contributed by atoms with Gasteiger partial charge in [-0.2, -0.15) is 5.21 Å². The van der Waals surface area contributed by atoms with Crippen LogP contribution in [0.5, 0.6) is 11.6 Å². The van der Waals surface area contributed by atoms with E-state index in [9.17, 15) is 9.90 Å². The smallest absolute Gasteiger partial charge is 0.307 e. The zero-order valence-electron chi connectivity index (χ0n) is 16.9. The molecule has 0 bridgehead atoms. The van der Waals surface area contributed by atoms with Crippen molar-refractivity contribution < 1.29 is 19.7 Å². The van der Waals surface area contributed by atoms with Gasteiger partial charge in [0.2, 0.25) is 5.88 Å². The molecule has 0 aliphatic carbocycles. The maximum atomic E-state index is 11.9. The van der Waals surface area contributed by atoms with E-state index in [4.69, 9.17) is 9.84 Å².